The number of ether oxygens (including phenoxy) is 1. The molecular formula is C17H16FNO4S. The number of aryl methyl sites for hydroxylation is 1. The SMILES string of the molecule is Cc1ccc(NC(=O)COC(=O)CCC(=O)c2cccs2)c(F)c1. The van der Waals surface area contributed by atoms with Crippen LogP contribution in [0, 0.1) is 12.7 Å². The molecule has 0 bridgehead atoms. The third kappa shape index (κ3) is 5.27. The van der Waals surface area contributed by atoms with Gasteiger partial charge in [0, 0.05) is 6.42 Å². The van der Waals surface area contributed by atoms with E-state index in [9.17, 15) is 18.8 Å². The largest absolute Gasteiger partial charge is 0.456 e. The highest BCUT2D eigenvalue weighted by Gasteiger charge is 2.13. The summed E-state index contributed by atoms with van der Waals surface area (Å²) in [5.74, 6) is -2.00. The summed E-state index contributed by atoms with van der Waals surface area (Å²) < 4.78 is 18.4. The zero-order valence-corrected chi connectivity index (χ0v) is 13.8. The molecule has 24 heavy (non-hydrogen) atoms. The summed E-state index contributed by atoms with van der Waals surface area (Å²) in [4.78, 5) is 35.5. The van der Waals surface area contributed by atoms with Gasteiger partial charge in [-0.3, -0.25) is 14.4 Å². The molecule has 7 heteroatoms. The van der Waals surface area contributed by atoms with Gasteiger partial charge in [-0.1, -0.05) is 12.1 Å². The van der Waals surface area contributed by atoms with Gasteiger partial charge in [0.05, 0.1) is 17.0 Å². The summed E-state index contributed by atoms with van der Waals surface area (Å²) in [5, 5.41) is 4.10. The Morgan fingerprint density at radius 2 is 2.00 bits per heavy atom. The lowest BCUT2D eigenvalue weighted by atomic mass is 10.2. The fourth-order valence-electron chi connectivity index (χ4n) is 1.90. The molecule has 1 aromatic carbocycles. The van der Waals surface area contributed by atoms with Crippen LogP contribution in [0.4, 0.5) is 10.1 Å². The lowest BCUT2D eigenvalue weighted by Crippen LogP contribution is -2.21. The predicted octanol–water partition coefficient (Wildman–Crippen LogP) is 3.34. The Morgan fingerprint density at radius 1 is 1.21 bits per heavy atom. The number of halogens is 1. The Balaban J connectivity index is 1.73. The van der Waals surface area contributed by atoms with Gasteiger partial charge in [0.15, 0.2) is 12.4 Å². The van der Waals surface area contributed by atoms with E-state index in [1.54, 1.807) is 30.5 Å². The molecular weight excluding hydrogens is 333 g/mol. The first kappa shape index (κ1) is 17.8. The standard InChI is InChI=1S/C17H16FNO4S/c1-11-4-5-13(12(18)9-11)19-16(21)10-23-17(22)7-6-14(20)15-3-2-8-24-15/h2-5,8-9H,6-7,10H2,1H3,(H,19,21). The molecule has 2 rings (SSSR count). The highest BCUT2D eigenvalue weighted by atomic mass is 32.1. The predicted molar refractivity (Wildman–Crippen MR) is 88.6 cm³/mol. The van der Waals surface area contributed by atoms with Gasteiger partial charge >= 0.3 is 5.97 Å². The van der Waals surface area contributed by atoms with Gasteiger partial charge in [-0.15, -0.1) is 11.3 Å². The van der Waals surface area contributed by atoms with E-state index in [-0.39, 0.29) is 24.3 Å². The van der Waals surface area contributed by atoms with Gasteiger partial charge in [-0.25, -0.2) is 4.39 Å². The monoisotopic (exact) mass is 349 g/mol. The van der Waals surface area contributed by atoms with Crippen molar-refractivity contribution in [3.05, 3.63) is 52.0 Å². The zero-order chi connectivity index (χ0) is 17.5. The van der Waals surface area contributed by atoms with Crippen LogP contribution in [0.5, 0.6) is 0 Å². The molecule has 0 aliphatic rings. The van der Waals surface area contributed by atoms with E-state index >= 15 is 0 Å². The van der Waals surface area contributed by atoms with Crippen LogP contribution in [-0.4, -0.2) is 24.3 Å². The number of benzene rings is 1. The van der Waals surface area contributed by atoms with Crippen molar-refractivity contribution in [2.24, 2.45) is 0 Å². The Morgan fingerprint density at radius 3 is 2.67 bits per heavy atom. The van der Waals surface area contributed by atoms with E-state index in [1.165, 1.54) is 23.5 Å². The van der Waals surface area contributed by atoms with Crippen molar-refractivity contribution in [3.8, 4) is 0 Å². The minimum absolute atomic E-state index is 0.0214. The number of anilines is 1. The van der Waals surface area contributed by atoms with E-state index in [4.69, 9.17) is 4.74 Å². The first-order chi connectivity index (χ1) is 11.5. The van der Waals surface area contributed by atoms with Crippen molar-refractivity contribution >= 4 is 34.7 Å². The average molecular weight is 349 g/mol. The third-order valence-corrected chi connectivity index (χ3v) is 4.03. The quantitative estimate of drug-likeness (QED) is 0.615. The fraction of sp³-hybridized carbons (Fsp3) is 0.235. The van der Waals surface area contributed by atoms with Crippen molar-refractivity contribution in [1.82, 2.24) is 0 Å². The van der Waals surface area contributed by atoms with E-state index in [1.807, 2.05) is 0 Å². The van der Waals surface area contributed by atoms with Crippen molar-refractivity contribution < 1.29 is 23.5 Å². The number of Topliss-reactive ketones (excluding diaryl/α,β-unsaturated/α-hetero) is 1. The molecule has 1 N–H and O–H groups in total. The number of hydrogen-bond acceptors (Lipinski definition) is 5. The molecule has 0 aliphatic heterocycles. The van der Waals surface area contributed by atoms with Gasteiger partial charge in [0.2, 0.25) is 0 Å². The first-order valence-electron chi connectivity index (χ1n) is 7.24. The summed E-state index contributed by atoms with van der Waals surface area (Å²) in [7, 11) is 0. The van der Waals surface area contributed by atoms with Crippen LogP contribution in [-0.2, 0) is 14.3 Å². The maximum atomic E-state index is 13.6. The molecule has 2 aromatic rings. The van der Waals surface area contributed by atoms with Gasteiger partial charge in [-0.05, 0) is 36.1 Å². The molecule has 0 spiro atoms. The van der Waals surface area contributed by atoms with E-state index in [0.29, 0.717) is 4.88 Å². The number of esters is 1. The van der Waals surface area contributed by atoms with Crippen molar-refractivity contribution in [1.29, 1.82) is 0 Å². The second-order valence-corrected chi connectivity index (χ2v) is 6.04. The Labute approximate surface area is 142 Å². The third-order valence-electron chi connectivity index (χ3n) is 3.12. The van der Waals surface area contributed by atoms with E-state index < -0.39 is 24.3 Å². The maximum absolute atomic E-state index is 13.6. The number of hydrogen-bond donors (Lipinski definition) is 1. The fourth-order valence-corrected chi connectivity index (χ4v) is 2.60. The molecule has 1 heterocycles. The lowest BCUT2D eigenvalue weighted by molar-refractivity contribution is -0.147. The molecule has 0 radical (unpaired) electrons. The van der Waals surface area contributed by atoms with Crippen LogP contribution >= 0.6 is 11.3 Å². The number of rotatable bonds is 7. The summed E-state index contributed by atoms with van der Waals surface area (Å²) in [6.45, 7) is 1.20. The topological polar surface area (TPSA) is 72.5 Å². The molecule has 0 saturated heterocycles. The molecule has 126 valence electrons. The number of amides is 1. The summed E-state index contributed by atoms with van der Waals surface area (Å²) in [6.07, 6.45) is -0.0868. The smallest absolute Gasteiger partial charge is 0.306 e. The van der Waals surface area contributed by atoms with E-state index in [2.05, 4.69) is 5.32 Å². The molecule has 0 aliphatic carbocycles. The molecule has 1 aromatic heterocycles. The van der Waals surface area contributed by atoms with Crippen LogP contribution < -0.4 is 5.32 Å². The Kier molecular flexibility index (Phi) is 6.20. The van der Waals surface area contributed by atoms with Crippen LogP contribution in [0.15, 0.2) is 35.7 Å². The zero-order valence-electron chi connectivity index (χ0n) is 13.0. The highest BCUT2D eigenvalue weighted by Crippen LogP contribution is 2.15. The number of carbonyl (C=O) groups excluding carboxylic acids is 3. The van der Waals surface area contributed by atoms with Crippen LogP contribution in [0.25, 0.3) is 0 Å². The maximum Gasteiger partial charge on any atom is 0.306 e. The van der Waals surface area contributed by atoms with Crippen molar-refractivity contribution in [3.63, 3.8) is 0 Å². The lowest BCUT2D eigenvalue weighted by Gasteiger charge is -2.08. The van der Waals surface area contributed by atoms with Gasteiger partial charge in [0.1, 0.15) is 5.82 Å². The normalized spacial score (nSPS) is 10.2. The minimum Gasteiger partial charge on any atom is -0.456 e. The highest BCUT2D eigenvalue weighted by molar-refractivity contribution is 7.12. The van der Waals surface area contributed by atoms with Crippen LogP contribution in [0.3, 0.4) is 0 Å². The Bertz CT molecular complexity index is 743. The molecule has 5 nitrogen and oxygen atoms in total. The van der Waals surface area contributed by atoms with Gasteiger partial charge < -0.3 is 10.1 Å². The Hall–Kier alpha value is -2.54. The molecule has 1 amide bonds. The average Bonchev–Trinajstić information content (AvgIpc) is 3.08. The van der Waals surface area contributed by atoms with E-state index in [0.717, 1.165) is 5.56 Å². The van der Waals surface area contributed by atoms with Gasteiger partial charge in [-0.2, -0.15) is 0 Å². The first-order valence-corrected chi connectivity index (χ1v) is 8.12. The summed E-state index contributed by atoms with van der Waals surface area (Å²) >= 11 is 1.30. The molecule has 0 unspecified atom stereocenters. The van der Waals surface area contributed by atoms with Crippen LogP contribution in [0.1, 0.15) is 28.1 Å². The second-order valence-electron chi connectivity index (χ2n) is 5.09. The molecule has 0 fully saturated rings. The summed E-state index contributed by atoms with van der Waals surface area (Å²) in [5.41, 5.74) is 0.752. The number of carbonyl (C=O) groups is 3. The number of nitrogens with one attached hydrogen (secondary N) is 1. The number of ketones is 1. The second kappa shape index (κ2) is 8.35. The number of thiophene rings is 1. The van der Waals surface area contributed by atoms with Crippen molar-refractivity contribution in [2.75, 3.05) is 11.9 Å². The molecule has 0 atom stereocenters. The van der Waals surface area contributed by atoms with Crippen molar-refractivity contribution in [2.45, 2.75) is 19.8 Å². The molecule has 0 saturated carbocycles. The van der Waals surface area contributed by atoms with Crippen LogP contribution in [0.2, 0.25) is 0 Å². The minimum atomic E-state index is -0.653. The van der Waals surface area contributed by atoms with Gasteiger partial charge in [0.25, 0.3) is 5.91 Å². The summed E-state index contributed by atoms with van der Waals surface area (Å²) in [6, 6.07) is 7.81.